The van der Waals surface area contributed by atoms with Gasteiger partial charge in [0.2, 0.25) is 11.8 Å². The Kier molecular flexibility index (Phi) is 12.6. The third-order valence-electron chi connectivity index (χ3n) is 7.63. The molecule has 0 aromatic heterocycles. The van der Waals surface area contributed by atoms with Crippen molar-refractivity contribution in [1.82, 2.24) is 10.2 Å². The van der Waals surface area contributed by atoms with E-state index in [1.807, 2.05) is 51.1 Å². The zero-order chi connectivity index (χ0) is 35.6. The summed E-state index contributed by atoms with van der Waals surface area (Å²) in [6.45, 7) is 5.12. The molecule has 1 atom stereocenters. The summed E-state index contributed by atoms with van der Waals surface area (Å²) in [5.41, 5.74) is 1.55. The molecule has 2 amide bonds. The highest BCUT2D eigenvalue weighted by Gasteiger charge is 2.35. The Morgan fingerprint density at radius 1 is 0.837 bits per heavy atom. The highest BCUT2D eigenvalue weighted by atomic mass is 32.2. The van der Waals surface area contributed by atoms with Crippen LogP contribution in [0.3, 0.4) is 0 Å². The topological polar surface area (TPSA) is 114 Å². The Balaban J connectivity index is 1.83. The van der Waals surface area contributed by atoms with Crippen molar-refractivity contribution in [2.24, 2.45) is 0 Å². The van der Waals surface area contributed by atoms with E-state index in [0.717, 1.165) is 9.87 Å². The van der Waals surface area contributed by atoms with Crippen LogP contribution in [0.5, 0.6) is 17.2 Å². The first-order valence-electron chi connectivity index (χ1n) is 15.8. The second-order valence-corrected chi connectivity index (χ2v) is 13.3. The number of carbonyl (C=O) groups is 2. The number of hydrogen-bond acceptors (Lipinski definition) is 7. The molecule has 260 valence electrons. The summed E-state index contributed by atoms with van der Waals surface area (Å²) in [7, 11) is -1.58. The van der Waals surface area contributed by atoms with Gasteiger partial charge in [0.15, 0.2) is 11.5 Å². The van der Waals surface area contributed by atoms with Gasteiger partial charge in [0, 0.05) is 25.1 Å². The summed E-state index contributed by atoms with van der Waals surface area (Å²) in [5, 5.41) is 2.91. The molecule has 0 saturated heterocycles. The van der Waals surface area contributed by atoms with Gasteiger partial charge in [-0.15, -0.1) is 0 Å². The van der Waals surface area contributed by atoms with Gasteiger partial charge in [0.25, 0.3) is 10.0 Å². The molecule has 4 aromatic rings. The monoisotopic (exact) mass is 691 g/mol. The van der Waals surface area contributed by atoms with Crippen molar-refractivity contribution < 1.29 is 36.6 Å². The van der Waals surface area contributed by atoms with Crippen molar-refractivity contribution in [3.63, 3.8) is 0 Å². The van der Waals surface area contributed by atoms with Crippen LogP contribution in [-0.4, -0.2) is 64.6 Å². The van der Waals surface area contributed by atoms with Gasteiger partial charge < -0.3 is 24.4 Å². The van der Waals surface area contributed by atoms with E-state index < -0.39 is 40.2 Å². The second-order valence-electron chi connectivity index (χ2n) is 11.5. The molecule has 10 nitrogen and oxygen atoms in total. The Morgan fingerprint density at radius 3 is 2.08 bits per heavy atom. The Bertz CT molecular complexity index is 1800. The van der Waals surface area contributed by atoms with Crippen LogP contribution in [0, 0.1) is 5.82 Å². The standard InChI is InChI=1S/C37H42FN3O7S/c1-6-48-31-18-16-30(17-19-31)41(49(44,45)32-20-21-34(46-4)35(23-32)47-5)25-36(42)40(24-28-12-14-29(38)15-13-28)33(37(43)39-26(2)3)22-27-10-8-7-9-11-27/h7-21,23,26,33H,6,22,24-25H2,1-5H3,(H,39,43)/t33-/m0/s1. The fraction of sp³-hybridized carbons (Fsp3) is 0.297. The van der Waals surface area contributed by atoms with Crippen molar-refractivity contribution in [3.05, 3.63) is 114 Å². The number of rotatable bonds is 16. The predicted molar refractivity (Wildman–Crippen MR) is 186 cm³/mol. The zero-order valence-corrected chi connectivity index (χ0v) is 29.1. The molecule has 1 N–H and O–H groups in total. The van der Waals surface area contributed by atoms with E-state index >= 15 is 0 Å². The lowest BCUT2D eigenvalue weighted by atomic mass is 10.0. The van der Waals surface area contributed by atoms with Crippen LogP contribution in [0.1, 0.15) is 31.9 Å². The van der Waals surface area contributed by atoms with Gasteiger partial charge in [-0.2, -0.15) is 0 Å². The molecule has 4 rings (SSSR count). The van der Waals surface area contributed by atoms with E-state index in [2.05, 4.69) is 5.32 Å². The lowest BCUT2D eigenvalue weighted by Gasteiger charge is -2.34. The molecule has 0 heterocycles. The van der Waals surface area contributed by atoms with Gasteiger partial charge in [0.05, 0.1) is 31.4 Å². The summed E-state index contributed by atoms with van der Waals surface area (Å²) >= 11 is 0. The molecule has 0 fully saturated rings. The third-order valence-corrected chi connectivity index (χ3v) is 9.40. The number of halogens is 1. The lowest BCUT2D eigenvalue weighted by molar-refractivity contribution is -0.140. The van der Waals surface area contributed by atoms with Crippen LogP contribution in [0.25, 0.3) is 0 Å². The van der Waals surface area contributed by atoms with Crippen molar-refractivity contribution in [2.75, 3.05) is 31.7 Å². The summed E-state index contributed by atoms with van der Waals surface area (Å²) < 4.78 is 59.9. The first-order chi connectivity index (χ1) is 23.5. The first-order valence-corrected chi connectivity index (χ1v) is 17.3. The lowest BCUT2D eigenvalue weighted by Crippen LogP contribution is -2.54. The van der Waals surface area contributed by atoms with Gasteiger partial charge in [-0.3, -0.25) is 13.9 Å². The summed E-state index contributed by atoms with van der Waals surface area (Å²) in [4.78, 5) is 29.6. The Hall–Kier alpha value is -5.10. The number of sulfonamides is 1. The number of carbonyl (C=O) groups excluding carboxylic acids is 2. The molecular weight excluding hydrogens is 649 g/mol. The Labute approximate surface area is 287 Å². The highest BCUT2D eigenvalue weighted by molar-refractivity contribution is 7.92. The minimum atomic E-state index is -4.41. The minimum Gasteiger partial charge on any atom is -0.494 e. The number of anilines is 1. The van der Waals surface area contributed by atoms with Gasteiger partial charge in [-0.25, -0.2) is 12.8 Å². The van der Waals surface area contributed by atoms with Crippen molar-refractivity contribution >= 4 is 27.5 Å². The number of methoxy groups -OCH3 is 2. The fourth-order valence-electron chi connectivity index (χ4n) is 5.23. The number of amides is 2. The SMILES string of the molecule is CCOc1ccc(N(CC(=O)N(Cc2ccc(F)cc2)[C@@H](Cc2ccccc2)C(=O)NC(C)C)S(=O)(=O)c2ccc(OC)c(OC)c2)cc1. The summed E-state index contributed by atoms with van der Waals surface area (Å²) in [6.07, 6.45) is 0.151. The molecular formula is C37H42FN3O7S. The molecule has 0 aliphatic heterocycles. The predicted octanol–water partition coefficient (Wildman–Crippen LogP) is 5.60. The average Bonchev–Trinajstić information content (AvgIpc) is 3.09. The maximum absolute atomic E-state index is 14.6. The molecule has 0 saturated carbocycles. The fourth-order valence-corrected chi connectivity index (χ4v) is 6.66. The van der Waals surface area contributed by atoms with Crippen LogP contribution in [0.15, 0.2) is 102 Å². The van der Waals surface area contributed by atoms with Gasteiger partial charge in [-0.1, -0.05) is 42.5 Å². The van der Waals surface area contributed by atoms with Crippen LogP contribution >= 0.6 is 0 Å². The molecule has 49 heavy (non-hydrogen) atoms. The zero-order valence-electron chi connectivity index (χ0n) is 28.3. The van der Waals surface area contributed by atoms with Crippen molar-refractivity contribution in [3.8, 4) is 17.2 Å². The maximum Gasteiger partial charge on any atom is 0.264 e. The largest absolute Gasteiger partial charge is 0.494 e. The van der Waals surface area contributed by atoms with E-state index in [9.17, 15) is 22.4 Å². The summed E-state index contributed by atoms with van der Waals surface area (Å²) in [5.74, 6) is -0.481. The van der Waals surface area contributed by atoms with Gasteiger partial charge in [-0.05, 0) is 80.4 Å². The van der Waals surface area contributed by atoms with Crippen molar-refractivity contribution in [1.29, 1.82) is 0 Å². The van der Waals surface area contributed by atoms with Crippen LogP contribution < -0.4 is 23.8 Å². The van der Waals surface area contributed by atoms with E-state index in [4.69, 9.17) is 14.2 Å². The number of benzene rings is 4. The van der Waals surface area contributed by atoms with E-state index in [1.165, 1.54) is 61.6 Å². The molecule has 0 bridgehead atoms. The molecule has 0 aliphatic rings. The second kappa shape index (κ2) is 16.8. The normalized spacial score (nSPS) is 11.8. The van der Waals surface area contributed by atoms with Crippen LogP contribution in [0.4, 0.5) is 10.1 Å². The van der Waals surface area contributed by atoms with Crippen molar-refractivity contribution in [2.45, 2.75) is 50.7 Å². The molecule has 0 radical (unpaired) electrons. The minimum absolute atomic E-state index is 0.0876. The maximum atomic E-state index is 14.6. The van der Waals surface area contributed by atoms with E-state index in [0.29, 0.717) is 23.7 Å². The van der Waals surface area contributed by atoms with Crippen LogP contribution in [-0.2, 0) is 32.6 Å². The van der Waals surface area contributed by atoms with E-state index in [1.54, 1.807) is 24.3 Å². The van der Waals surface area contributed by atoms with Crippen LogP contribution in [0.2, 0.25) is 0 Å². The smallest absolute Gasteiger partial charge is 0.264 e. The third kappa shape index (κ3) is 9.50. The number of nitrogens with one attached hydrogen (secondary N) is 1. The molecule has 4 aromatic carbocycles. The molecule has 12 heteroatoms. The number of ether oxygens (including phenoxy) is 3. The van der Waals surface area contributed by atoms with E-state index in [-0.39, 0.29) is 35.3 Å². The number of nitrogens with zero attached hydrogens (tertiary/aromatic N) is 2. The Morgan fingerprint density at radius 2 is 1.49 bits per heavy atom. The molecule has 0 spiro atoms. The summed E-state index contributed by atoms with van der Waals surface area (Å²) in [6, 6.07) is 24.0. The first kappa shape index (κ1) is 36.7. The van der Waals surface area contributed by atoms with Gasteiger partial charge in [0.1, 0.15) is 24.2 Å². The number of hydrogen-bond donors (Lipinski definition) is 1. The average molecular weight is 692 g/mol. The molecule has 0 aliphatic carbocycles. The van der Waals surface area contributed by atoms with Gasteiger partial charge >= 0.3 is 0 Å². The highest BCUT2D eigenvalue weighted by Crippen LogP contribution is 2.33. The molecule has 0 unspecified atom stereocenters. The quantitative estimate of drug-likeness (QED) is 0.163.